The predicted octanol–water partition coefficient (Wildman–Crippen LogP) is 1.71. The third-order valence-corrected chi connectivity index (χ3v) is 1.61. The molecule has 1 heterocycles. The molecule has 0 unspecified atom stereocenters. The minimum Gasteiger partial charge on any atom is -0.274 e. The fraction of sp³-hybridized carbons (Fsp3) is 0.125. The van der Waals surface area contributed by atoms with Gasteiger partial charge in [-0.15, -0.1) is 0 Å². The van der Waals surface area contributed by atoms with Crippen LogP contribution in [0.2, 0.25) is 0 Å². The zero-order chi connectivity index (χ0) is 7.84. The Labute approximate surface area is 63.3 Å². The van der Waals surface area contributed by atoms with Gasteiger partial charge in [0.15, 0.2) is 0 Å². The van der Waals surface area contributed by atoms with Crippen LogP contribution < -0.4 is 0 Å². The normalized spacial score (nSPS) is 10.7. The van der Waals surface area contributed by atoms with Gasteiger partial charge in [-0.3, -0.25) is 4.68 Å². The first kappa shape index (κ1) is 6.34. The minimum absolute atomic E-state index is 0.212. The molecule has 56 valence electrons. The molecular weight excluding hydrogens is 143 g/mol. The van der Waals surface area contributed by atoms with Gasteiger partial charge in [0, 0.05) is 13.2 Å². The summed E-state index contributed by atoms with van der Waals surface area (Å²) < 4.78 is 14.6. The molecular formula is C8H7FN2. The third-order valence-electron chi connectivity index (χ3n) is 1.61. The average molecular weight is 150 g/mol. The Bertz CT molecular complexity index is 392. The Hall–Kier alpha value is -1.38. The molecule has 0 N–H and O–H groups in total. The van der Waals surface area contributed by atoms with Crippen LogP contribution in [-0.4, -0.2) is 9.78 Å². The van der Waals surface area contributed by atoms with E-state index in [4.69, 9.17) is 0 Å². The molecule has 2 aromatic rings. The average Bonchev–Trinajstić information content (AvgIpc) is 2.31. The first-order chi connectivity index (χ1) is 5.27. The molecule has 1 aromatic heterocycles. The molecule has 2 nitrogen and oxygen atoms in total. The van der Waals surface area contributed by atoms with E-state index in [0.717, 1.165) is 0 Å². The van der Waals surface area contributed by atoms with E-state index in [2.05, 4.69) is 5.10 Å². The molecule has 0 bridgehead atoms. The van der Waals surface area contributed by atoms with Crippen LogP contribution in [0, 0.1) is 5.82 Å². The molecule has 0 saturated carbocycles. The number of hydrogen-bond donors (Lipinski definition) is 0. The van der Waals surface area contributed by atoms with Gasteiger partial charge in [0.25, 0.3) is 0 Å². The summed E-state index contributed by atoms with van der Waals surface area (Å²) in [4.78, 5) is 0. The number of aryl methyl sites for hydroxylation is 1. The Morgan fingerprint density at radius 3 is 3.00 bits per heavy atom. The van der Waals surface area contributed by atoms with Crippen LogP contribution in [-0.2, 0) is 7.05 Å². The van der Waals surface area contributed by atoms with E-state index in [1.807, 2.05) is 0 Å². The number of aromatic nitrogens is 2. The highest BCUT2D eigenvalue weighted by Crippen LogP contribution is 2.14. The molecule has 3 heteroatoms. The number of halogens is 1. The van der Waals surface area contributed by atoms with Gasteiger partial charge in [-0.25, -0.2) is 4.39 Å². The van der Waals surface area contributed by atoms with Gasteiger partial charge in [0.05, 0.1) is 10.9 Å². The summed E-state index contributed by atoms with van der Waals surface area (Å²) in [6.07, 6.45) is 1.67. The van der Waals surface area contributed by atoms with Gasteiger partial charge in [0.2, 0.25) is 0 Å². The van der Waals surface area contributed by atoms with Gasteiger partial charge >= 0.3 is 0 Å². The van der Waals surface area contributed by atoms with Crippen LogP contribution in [0.3, 0.4) is 0 Å². The second-order valence-electron chi connectivity index (χ2n) is 2.48. The fourth-order valence-electron chi connectivity index (χ4n) is 1.13. The Morgan fingerprint density at radius 1 is 1.45 bits per heavy atom. The predicted molar refractivity (Wildman–Crippen MR) is 40.7 cm³/mol. The summed E-state index contributed by atoms with van der Waals surface area (Å²) in [6.45, 7) is 0. The second kappa shape index (κ2) is 2.05. The molecule has 0 saturated heterocycles. The van der Waals surface area contributed by atoms with Crippen molar-refractivity contribution in [3.05, 3.63) is 30.2 Å². The quantitative estimate of drug-likeness (QED) is 0.559. The van der Waals surface area contributed by atoms with Crippen molar-refractivity contribution in [2.45, 2.75) is 0 Å². The van der Waals surface area contributed by atoms with E-state index < -0.39 is 0 Å². The highest BCUT2D eigenvalue weighted by Gasteiger charge is 2.01. The maximum atomic E-state index is 12.9. The van der Waals surface area contributed by atoms with Crippen molar-refractivity contribution in [3.63, 3.8) is 0 Å². The van der Waals surface area contributed by atoms with Crippen LogP contribution in [0.15, 0.2) is 24.4 Å². The monoisotopic (exact) mass is 150 g/mol. The topological polar surface area (TPSA) is 17.8 Å². The highest BCUT2D eigenvalue weighted by atomic mass is 19.1. The van der Waals surface area contributed by atoms with Crippen molar-refractivity contribution < 1.29 is 4.39 Å². The molecule has 0 aliphatic rings. The Morgan fingerprint density at radius 2 is 2.27 bits per heavy atom. The zero-order valence-corrected chi connectivity index (χ0v) is 6.08. The molecule has 0 radical (unpaired) electrons. The summed E-state index contributed by atoms with van der Waals surface area (Å²) in [6, 6.07) is 4.88. The minimum atomic E-state index is -0.212. The molecule has 2 rings (SSSR count). The maximum Gasteiger partial charge on any atom is 0.134 e. The standard InChI is InChI=1S/C8H7FN2/c1-11-5-6-7(9)3-2-4-8(6)10-11/h2-5H,1H3. The molecule has 11 heavy (non-hydrogen) atoms. The molecule has 0 aliphatic heterocycles. The van der Waals surface area contributed by atoms with Gasteiger partial charge in [-0.1, -0.05) is 6.07 Å². The maximum absolute atomic E-state index is 12.9. The van der Waals surface area contributed by atoms with Crippen LogP contribution >= 0.6 is 0 Å². The van der Waals surface area contributed by atoms with E-state index in [-0.39, 0.29) is 5.82 Å². The van der Waals surface area contributed by atoms with Gasteiger partial charge < -0.3 is 0 Å². The Kier molecular flexibility index (Phi) is 1.18. The van der Waals surface area contributed by atoms with Crippen LogP contribution in [0.25, 0.3) is 10.9 Å². The lowest BCUT2D eigenvalue weighted by Gasteiger charge is -1.86. The lowest BCUT2D eigenvalue weighted by atomic mass is 10.2. The SMILES string of the molecule is Cn1cc2c(F)cccc2n1. The van der Waals surface area contributed by atoms with Crippen molar-refractivity contribution in [1.82, 2.24) is 9.78 Å². The van der Waals surface area contributed by atoms with Crippen molar-refractivity contribution in [2.75, 3.05) is 0 Å². The van der Waals surface area contributed by atoms with E-state index in [1.165, 1.54) is 6.07 Å². The van der Waals surface area contributed by atoms with Gasteiger partial charge in [-0.2, -0.15) is 5.10 Å². The third kappa shape index (κ3) is 0.888. The van der Waals surface area contributed by atoms with E-state index in [0.29, 0.717) is 10.9 Å². The van der Waals surface area contributed by atoms with Crippen LogP contribution in [0.5, 0.6) is 0 Å². The molecule has 1 aromatic carbocycles. The molecule has 0 amide bonds. The zero-order valence-electron chi connectivity index (χ0n) is 6.08. The van der Waals surface area contributed by atoms with Crippen LogP contribution in [0.1, 0.15) is 0 Å². The largest absolute Gasteiger partial charge is 0.274 e. The van der Waals surface area contributed by atoms with E-state index >= 15 is 0 Å². The number of benzene rings is 1. The van der Waals surface area contributed by atoms with Gasteiger partial charge in [-0.05, 0) is 12.1 Å². The van der Waals surface area contributed by atoms with E-state index in [9.17, 15) is 4.39 Å². The van der Waals surface area contributed by atoms with Crippen molar-refractivity contribution in [1.29, 1.82) is 0 Å². The van der Waals surface area contributed by atoms with E-state index in [1.54, 1.807) is 30.1 Å². The summed E-state index contributed by atoms with van der Waals surface area (Å²) >= 11 is 0. The lowest BCUT2D eigenvalue weighted by Crippen LogP contribution is -1.84. The summed E-state index contributed by atoms with van der Waals surface area (Å²) in [5.41, 5.74) is 0.701. The Balaban J connectivity index is 2.90. The number of nitrogens with zero attached hydrogens (tertiary/aromatic N) is 2. The van der Waals surface area contributed by atoms with Crippen molar-refractivity contribution in [2.24, 2.45) is 7.05 Å². The lowest BCUT2D eigenvalue weighted by molar-refractivity contribution is 0.639. The first-order valence-corrected chi connectivity index (χ1v) is 3.35. The second-order valence-corrected chi connectivity index (χ2v) is 2.48. The summed E-state index contributed by atoms with van der Waals surface area (Å²) in [5.74, 6) is -0.212. The smallest absolute Gasteiger partial charge is 0.134 e. The highest BCUT2D eigenvalue weighted by molar-refractivity contribution is 5.78. The van der Waals surface area contributed by atoms with Crippen molar-refractivity contribution in [3.8, 4) is 0 Å². The molecule has 0 spiro atoms. The fourth-order valence-corrected chi connectivity index (χ4v) is 1.13. The molecule has 0 fully saturated rings. The summed E-state index contributed by atoms with van der Waals surface area (Å²) in [7, 11) is 1.78. The van der Waals surface area contributed by atoms with Crippen molar-refractivity contribution >= 4 is 10.9 Å². The molecule has 0 aliphatic carbocycles. The first-order valence-electron chi connectivity index (χ1n) is 3.35. The summed E-state index contributed by atoms with van der Waals surface area (Å²) in [5, 5.41) is 4.63. The number of rotatable bonds is 0. The number of fused-ring (bicyclic) bond motifs is 1. The van der Waals surface area contributed by atoms with Crippen LogP contribution in [0.4, 0.5) is 4.39 Å². The number of hydrogen-bond acceptors (Lipinski definition) is 1. The van der Waals surface area contributed by atoms with Gasteiger partial charge in [0.1, 0.15) is 5.82 Å². The molecule has 0 atom stereocenters.